The zero-order chi connectivity index (χ0) is 16.1. The highest BCUT2D eigenvalue weighted by Gasteiger charge is 2.11. The average molecular weight is 325 g/mol. The maximum atomic E-state index is 12.0. The Balaban J connectivity index is 1.64. The Labute approximate surface area is 138 Å². The highest BCUT2D eigenvalue weighted by molar-refractivity contribution is 7.98. The molecular formula is C17H15N3O2S. The van der Waals surface area contributed by atoms with Crippen LogP contribution < -0.4 is 5.32 Å². The van der Waals surface area contributed by atoms with Gasteiger partial charge in [0.05, 0.1) is 6.42 Å². The number of hydrogen-bond donors (Lipinski definition) is 1. The van der Waals surface area contributed by atoms with Crippen molar-refractivity contribution in [2.45, 2.75) is 11.3 Å². The summed E-state index contributed by atoms with van der Waals surface area (Å²) in [6.45, 7) is 0. The molecule has 2 aromatic carbocycles. The third kappa shape index (κ3) is 3.98. The zero-order valence-corrected chi connectivity index (χ0v) is 13.3. The number of rotatable bonds is 5. The molecule has 0 aliphatic rings. The van der Waals surface area contributed by atoms with Gasteiger partial charge in [-0.2, -0.15) is 0 Å². The van der Waals surface area contributed by atoms with E-state index in [2.05, 4.69) is 27.6 Å². The molecule has 0 unspecified atom stereocenters. The number of nitrogens with zero attached hydrogens (tertiary/aromatic N) is 2. The lowest BCUT2D eigenvalue weighted by Gasteiger charge is -2.00. The second kappa shape index (κ2) is 7.11. The first-order valence-electron chi connectivity index (χ1n) is 7.06. The Morgan fingerprint density at radius 1 is 1.09 bits per heavy atom. The first-order chi connectivity index (χ1) is 11.2. The number of amides is 1. The van der Waals surface area contributed by atoms with Crippen LogP contribution >= 0.6 is 11.8 Å². The van der Waals surface area contributed by atoms with Gasteiger partial charge in [-0.15, -0.1) is 16.9 Å². The summed E-state index contributed by atoms with van der Waals surface area (Å²) in [6.07, 6.45) is 2.57. The Kier molecular flexibility index (Phi) is 4.73. The number of carbonyl (C=O) groups excluding carboxylic acids is 1. The number of thioether (sulfide) groups is 1. The molecule has 23 heavy (non-hydrogen) atoms. The van der Waals surface area contributed by atoms with E-state index in [4.69, 9.17) is 4.42 Å². The smallest absolute Gasteiger partial charge is 0.322 e. The van der Waals surface area contributed by atoms with Crippen LogP contribution in [0.2, 0.25) is 0 Å². The third-order valence-electron chi connectivity index (χ3n) is 3.24. The Bertz CT molecular complexity index is 785. The molecule has 6 heteroatoms. The van der Waals surface area contributed by atoms with E-state index in [0.29, 0.717) is 17.9 Å². The molecule has 3 rings (SSSR count). The lowest BCUT2D eigenvalue weighted by Crippen LogP contribution is -2.11. The van der Waals surface area contributed by atoms with Crippen molar-refractivity contribution in [2.24, 2.45) is 0 Å². The molecule has 116 valence electrons. The van der Waals surface area contributed by atoms with Gasteiger partial charge in [-0.05, 0) is 36.1 Å². The highest BCUT2D eigenvalue weighted by Crippen LogP contribution is 2.17. The molecule has 5 nitrogen and oxygen atoms in total. The normalized spacial score (nSPS) is 10.5. The predicted molar refractivity (Wildman–Crippen MR) is 89.7 cm³/mol. The van der Waals surface area contributed by atoms with E-state index in [1.165, 1.54) is 4.90 Å². The Morgan fingerprint density at radius 2 is 1.83 bits per heavy atom. The van der Waals surface area contributed by atoms with E-state index in [1.807, 2.05) is 24.5 Å². The molecule has 1 N–H and O–H groups in total. The maximum absolute atomic E-state index is 12.0. The average Bonchev–Trinajstić information content (AvgIpc) is 3.03. The topological polar surface area (TPSA) is 68.0 Å². The van der Waals surface area contributed by atoms with E-state index < -0.39 is 0 Å². The van der Waals surface area contributed by atoms with Crippen molar-refractivity contribution in [3.05, 3.63) is 71.6 Å². The fraction of sp³-hybridized carbons (Fsp3) is 0.118. The van der Waals surface area contributed by atoms with Gasteiger partial charge in [-0.3, -0.25) is 10.1 Å². The number of anilines is 1. The fourth-order valence-corrected chi connectivity index (χ4v) is 2.46. The molecule has 0 bridgehead atoms. The van der Waals surface area contributed by atoms with Gasteiger partial charge in [0.1, 0.15) is 0 Å². The molecule has 0 fully saturated rings. The van der Waals surface area contributed by atoms with Gasteiger partial charge < -0.3 is 4.42 Å². The summed E-state index contributed by atoms with van der Waals surface area (Å²) in [5.41, 5.74) is 1.62. The quantitative estimate of drug-likeness (QED) is 0.725. The number of benzene rings is 2. The zero-order valence-electron chi connectivity index (χ0n) is 12.5. The largest absolute Gasteiger partial charge is 0.407 e. The SMILES string of the molecule is CSc1ccc(Cc2nnc(NC(=O)c3ccccc3)o2)cc1. The first-order valence-corrected chi connectivity index (χ1v) is 8.29. The summed E-state index contributed by atoms with van der Waals surface area (Å²) < 4.78 is 5.48. The minimum Gasteiger partial charge on any atom is -0.407 e. The first kappa shape index (κ1) is 15.3. The van der Waals surface area contributed by atoms with E-state index in [-0.39, 0.29) is 11.9 Å². The minimum atomic E-state index is -0.273. The molecule has 1 aromatic heterocycles. The molecule has 0 saturated heterocycles. The standard InChI is InChI=1S/C17H15N3O2S/c1-23-14-9-7-12(8-10-14)11-15-19-20-17(22-15)18-16(21)13-5-3-2-4-6-13/h2-10H,11H2,1H3,(H,18,20,21). The van der Waals surface area contributed by atoms with E-state index >= 15 is 0 Å². The van der Waals surface area contributed by atoms with Crippen LogP contribution in [-0.4, -0.2) is 22.4 Å². The van der Waals surface area contributed by atoms with Crippen LogP contribution in [0.5, 0.6) is 0 Å². The minimum absolute atomic E-state index is 0.106. The maximum Gasteiger partial charge on any atom is 0.322 e. The third-order valence-corrected chi connectivity index (χ3v) is 3.98. The van der Waals surface area contributed by atoms with E-state index in [9.17, 15) is 4.79 Å². The van der Waals surface area contributed by atoms with Crippen LogP contribution in [-0.2, 0) is 6.42 Å². The molecule has 0 radical (unpaired) electrons. The van der Waals surface area contributed by atoms with Crippen molar-refractivity contribution in [1.29, 1.82) is 0 Å². The number of carbonyl (C=O) groups is 1. The number of hydrogen-bond acceptors (Lipinski definition) is 5. The summed E-state index contributed by atoms with van der Waals surface area (Å²) >= 11 is 1.69. The second-order valence-corrected chi connectivity index (χ2v) is 5.73. The predicted octanol–water partition coefficient (Wildman–Crippen LogP) is 3.63. The lowest BCUT2D eigenvalue weighted by atomic mass is 10.1. The van der Waals surface area contributed by atoms with Crippen molar-refractivity contribution < 1.29 is 9.21 Å². The van der Waals surface area contributed by atoms with Gasteiger partial charge in [-0.1, -0.05) is 35.4 Å². The van der Waals surface area contributed by atoms with E-state index in [0.717, 1.165) is 5.56 Å². The number of nitrogens with one attached hydrogen (secondary N) is 1. The van der Waals surface area contributed by atoms with Gasteiger partial charge in [-0.25, -0.2) is 0 Å². The summed E-state index contributed by atoms with van der Waals surface area (Å²) in [6, 6.07) is 17.1. The second-order valence-electron chi connectivity index (χ2n) is 4.85. The van der Waals surface area contributed by atoms with Gasteiger partial charge in [0.15, 0.2) is 0 Å². The highest BCUT2D eigenvalue weighted by atomic mass is 32.2. The van der Waals surface area contributed by atoms with Gasteiger partial charge in [0, 0.05) is 10.5 Å². The van der Waals surface area contributed by atoms with Crippen LogP contribution in [0.15, 0.2) is 63.9 Å². The van der Waals surface area contributed by atoms with Gasteiger partial charge >= 0.3 is 6.01 Å². The summed E-state index contributed by atoms with van der Waals surface area (Å²) in [7, 11) is 0. The van der Waals surface area contributed by atoms with E-state index in [1.54, 1.807) is 36.0 Å². The summed E-state index contributed by atoms with van der Waals surface area (Å²) in [5.74, 6) is 0.190. The van der Waals surface area contributed by atoms with Crippen LogP contribution in [0.25, 0.3) is 0 Å². The molecule has 0 spiro atoms. The van der Waals surface area contributed by atoms with Crippen LogP contribution in [0, 0.1) is 0 Å². The molecule has 3 aromatic rings. The summed E-state index contributed by atoms with van der Waals surface area (Å²) in [5, 5.41) is 10.4. The molecule has 0 atom stereocenters. The van der Waals surface area contributed by atoms with Crippen LogP contribution in [0.4, 0.5) is 6.01 Å². The van der Waals surface area contributed by atoms with Gasteiger partial charge in [0.25, 0.3) is 5.91 Å². The van der Waals surface area contributed by atoms with Crippen LogP contribution in [0.3, 0.4) is 0 Å². The van der Waals surface area contributed by atoms with Crippen molar-refractivity contribution in [2.75, 3.05) is 11.6 Å². The molecule has 0 saturated carbocycles. The molecule has 0 aliphatic heterocycles. The van der Waals surface area contributed by atoms with Crippen molar-refractivity contribution in [3.63, 3.8) is 0 Å². The van der Waals surface area contributed by atoms with Crippen molar-refractivity contribution in [1.82, 2.24) is 10.2 Å². The molecule has 1 heterocycles. The van der Waals surface area contributed by atoms with Crippen molar-refractivity contribution in [3.8, 4) is 0 Å². The van der Waals surface area contributed by atoms with Crippen molar-refractivity contribution >= 4 is 23.7 Å². The number of aromatic nitrogens is 2. The Hall–Kier alpha value is -2.60. The Morgan fingerprint density at radius 3 is 2.52 bits per heavy atom. The molecule has 1 amide bonds. The van der Waals surface area contributed by atoms with Crippen LogP contribution in [0.1, 0.15) is 21.8 Å². The van der Waals surface area contributed by atoms with Gasteiger partial charge in [0.2, 0.25) is 5.89 Å². The summed E-state index contributed by atoms with van der Waals surface area (Å²) in [4.78, 5) is 13.2. The molecular weight excluding hydrogens is 310 g/mol. The lowest BCUT2D eigenvalue weighted by molar-refractivity contribution is 0.102. The monoisotopic (exact) mass is 325 g/mol. The fourth-order valence-electron chi connectivity index (χ4n) is 2.05. The molecule has 0 aliphatic carbocycles.